The number of aromatic nitrogens is 2. The van der Waals surface area contributed by atoms with E-state index >= 15 is 0 Å². The number of nitrogens with one attached hydrogen (secondary N) is 1. The van der Waals surface area contributed by atoms with Gasteiger partial charge in [0, 0.05) is 24.7 Å². The van der Waals surface area contributed by atoms with Crippen molar-refractivity contribution in [3.63, 3.8) is 0 Å². The number of nitro groups is 1. The molecule has 0 spiro atoms. The third kappa shape index (κ3) is 4.06. The van der Waals surface area contributed by atoms with Gasteiger partial charge in [-0.3, -0.25) is 10.1 Å². The minimum absolute atomic E-state index is 0.167. The average Bonchev–Trinajstić information content (AvgIpc) is 2.61. The van der Waals surface area contributed by atoms with Crippen molar-refractivity contribution in [1.82, 2.24) is 9.97 Å². The van der Waals surface area contributed by atoms with E-state index in [0.29, 0.717) is 37.9 Å². The van der Waals surface area contributed by atoms with E-state index in [2.05, 4.69) is 15.3 Å². The molecule has 1 aromatic carbocycles. The third-order valence-corrected chi connectivity index (χ3v) is 4.00. The highest BCUT2D eigenvalue weighted by Gasteiger charge is 2.28. The molecule has 1 aromatic heterocycles. The van der Waals surface area contributed by atoms with Crippen LogP contribution in [0.1, 0.15) is 5.56 Å². The molecule has 0 amide bonds. The lowest BCUT2D eigenvalue weighted by Gasteiger charge is -2.27. The van der Waals surface area contributed by atoms with E-state index in [-0.39, 0.29) is 23.3 Å². The van der Waals surface area contributed by atoms with E-state index in [1.807, 2.05) is 12.1 Å². The highest BCUT2D eigenvalue weighted by atomic mass is 35.5. The normalized spacial score (nSPS) is 14.4. The standard InChI is InChI=1S/C15H17ClN6O3/c16-11-3-1-10(2-4-11)9-18-15-19-13(17)12(22(23)24)14(20-15)21-5-7-25-8-6-21/h1-4H,5-9H2,(H3,17,18,19,20). The molecule has 25 heavy (non-hydrogen) atoms. The van der Waals surface area contributed by atoms with Crippen molar-refractivity contribution in [2.24, 2.45) is 0 Å². The molecule has 3 N–H and O–H groups in total. The predicted molar refractivity (Wildman–Crippen MR) is 94.9 cm³/mol. The van der Waals surface area contributed by atoms with Crippen LogP contribution in [0.5, 0.6) is 0 Å². The molecule has 3 rings (SSSR count). The van der Waals surface area contributed by atoms with Gasteiger partial charge < -0.3 is 20.7 Å². The topological polar surface area (TPSA) is 119 Å². The highest BCUT2D eigenvalue weighted by Crippen LogP contribution is 2.32. The van der Waals surface area contributed by atoms with Crippen LogP contribution in [0.4, 0.5) is 23.3 Å². The molecule has 1 aliphatic rings. The van der Waals surface area contributed by atoms with Gasteiger partial charge in [-0.25, -0.2) is 0 Å². The minimum atomic E-state index is -0.552. The Kier molecular flexibility index (Phi) is 5.15. The van der Waals surface area contributed by atoms with Crippen molar-refractivity contribution in [2.45, 2.75) is 6.54 Å². The van der Waals surface area contributed by atoms with Crippen LogP contribution in [0.2, 0.25) is 5.02 Å². The van der Waals surface area contributed by atoms with Gasteiger partial charge in [-0.1, -0.05) is 23.7 Å². The molecule has 0 saturated carbocycles. The van der Waals surface area contributed by atoms with Crippen LogP contribution in [0.15, 0.2) is 24.3 Å². The smallest absolute Gasteiger partial charge is 0.353 e. The summed E-state index contributed by atoms with van der Waals surface area (Å²) in [5, 5.41) is 15.1. The van der Waals surface area contributed by atoms with Crippen molar-refractivity contribution in [1.29, 1.82) is 0 Å². The molecule has 1 aliphatic heterocycles. The maximum atomic E-state index is 11.4. The highest BCUT2D eigenvalue weighted by molar-refractivity contribution is 6.30. The van der Waals surface area contributed by atoms with Crippen molar-refractivity contribution in [3.05, 3.63) is 45.0 Å². The van der Waals surface area contributed by atoms with Gasteiger partial charge in [0.05, 0.1) is 18.1 Å². The molecule has 0 bridgehead atoms. The van der Waals surface area contributed by atoms with Crippen LogP contribution in [0.25, 0.3) is 0 Å². The number of nitrogens with zero attached hydrogens (tertiary/aromatic N) is 4. The summed E-state index contributed by atoms with van der Waals surface area (Å²) in [6.07, 6.45) is 0. The Hall–Kier alpha value is -2.65. The minimum Gasteiger partial charge on any atom is -0.378 e. The first-order chi connectivity index (χ1) is 12.0. The van der Waals surface area contributed by atoms with Crippen LogP contribution in [-0.4, -0.2) is 41.2 Å². The lowest BCUT2D eigenvalue weighted by molar-refractivity contribution is -0.383. The Balaban J connectivity index is 1.85. The molecule has 0 aliphatic carbocycles. The van der Waals surface area contributed by atoms with Gasteiger partial charge in [-0.05, 0) is 17.7 Å². The van der Waals surface area contributed by atoms with Crippen LogP contribution < -0.4 is 16.0 Å². The Morgan fingerprint density at radius 1 is 1.28 bits per heavy atom. The van der Waals surface area contributed by atoms with Crippen LogP contribution in [0, 0.1) is 10.1 Å². The maximum absolute atomic E-state index is 11.4. The van der Waals surface area contributed by atoms with E-state index < -0.39 is 4.92 Å². The number of benzene rings is 1. The van der Waals surface area contributed by atoms with Crippen molar-refractivity contribution >= 4 is 34.9 Å². The second-order valence-corrected chi connectivity index (χ2v) is 5.88. The Morgan fingerprint density at radius 3 is 2.60 bits per heavy atom. The molecule has 1 saturated heterocycles. The number of ether oxygens (including phenoxy) is 1. The van der Waals surface area contributed by atoms with Gasteiger partial charge in [0.25, 0.3) is 0 Å². The zero-order valence-electron chi connectivity index (χ0n) is 13.3. The maximum Gasteiger partial charge on any atom is 0.353 e. The summed E-state index contributed by atoms with van der Waals surface area (Å²) < 4.78 is 5.28. The average molecular weight is 365 g/mol. The van der Waals surface area contributed by atoms with Crippen LogP contribution >= 0.6 is 11.6 Å². The summed E-state index contributed by atoms with van der Waals surface area (Å²) in [7, 11) is 0. The quantitative estimate of drug-likeness (QED) is 0.611. The van der Waals surface area contributed by atoms with Gasteiger partial charge in [-0.15, -0.1) is 0 Å². The number of halogens is 1. The summed E-state index contributed by atoms with van der Waals surface area (Å²) in [5.74, 6) is 0.277. The fourth-order valence-corrected chi connectivity index (χ4v) is 2.62. The van der Waals surface area contributed by atoms with Gasteiger partial charge in [-0.2, -0.15) is 9.97 Å². The monoisotopic (exact) mass is 364 g/mol. The molecule has 2 aromatic rings. The third-order valence-electron chi connectivity index (χ3n) is 3.75. The molecule has 2 heterocycles. The van der Waals surface area contributed by atoms with Crippen molar-refractivity contribution in [2.75, 3.05) is 42.3 Å². The zero-order chi connectivity index (χ0) is 17.8. The predicted octanol–water partition coefficient (Wildman–Crippen LogP) is 2.07. The number of morpholine rings is 1. The number of hydrogen-bond donors (Lipinski definition) is 2. The molecular formula is C15H17ClN6O3. The van der Waals surface area contributed by atoms with E-state index in [0.717, 1.165) is 5.56 Å². The van der Waals surface area contributed by atoms with Crippen molar-refractivity contribution < 1.29 is 9.66 Å². The first-order valence-electron chi connectivity index (χ1n) is 7.67. The van der Waals surface area contributed by atoms with Gasteiger partial charge in [0.2, 0.25) is 17.6 Å². The van der Waals surface area contributed by atoms with Crippen LogP contribution in [0.3, 0.4) is 0 Å². The van der Waals surface area contributed by atoms with E-state index in [9.17, 15) is 10.1 Å². The number of nitrogen functional groups attached to an aromatic ring is 1. The molecule has 10 heteroatoms. The second-order valence-electron chi connectivity index (χ2n) is 5.44. The van der Waals surface area contributed by atoms with E-state index in [4.69, 9.17) is 22.1 Å². The number of rotatable bonds is 5. The Morgan fingerprint density at radius 2 is 1.96 bits per heavy atom. The number of nitrogens with two attached hydrogens (primary N) is 1. The fourth-order valence-electron chi connectivity index (χ4n) is 2.49. The molecule has 9 nitrogen and oxygen atoms in total. The summed E-state index contributed by atoms with van der Waals surface area (Å²) >= 11 is 5.86. The Labute approximate surface area is 148 Å². The number of hydrogen-bond acceptors (Lipinski definition) is 8. The lowest BCUT2D eigenvalue weighted by Crippen LogP contribution is -2.37. The molecule has 0 atom stereocenters. The summed E-state index contributed by atoms with van der Waals surface area (Å²) in [6, 6.07) is 7.30. The fraction of sp³-hybridized carbons (Fsp3) is 0.333. The SMILES string of the molecule is Nc1nc(NCc2ccc(Cl)cc2)nc(N2CCOCC2)c1[N+](=O)[O-]. The van der Waals surface area contributed by atoms with E-state index in [1.165, 1.54) is 0 Å². The second kappa shape index (κ2) is 7.49. The largest absolute Gasteiger partial charge is 0.378 e. The van der Waals surface area contributed by atoms with Crippen LogP contribution in [-0.2, 0) is 11.3 Å². The van der Waals surface area contributed by atoms with Gasteiger partial charge in [0.1, 0.15) is 0 Å². The first-order valence-corrected chi connectivity index (χ1v) is 8.05. The summed E-state index contributed by atoms with van der Waals surface area (Å²) in [5.41, 5.74) is 6.50. The summed E-state index contributed by atoms with van der Waals surface area (Å²) in [6.45, 7) is 2.42. The van der Waals surface area contributed by atoms with Gasteiger partial charge >= 0.3 is 5.69 Å². The zero-order valence-corrected chi connectivity index (χ0v) is 14.1. The van der Waals surface area contributed by atoms with E-state index in [1.54, 1.807) is 17.0 Å². The summed E-state index contributed by atoms with van der Waals surface area (Å²) in [4.78, 5) is 20.9. The Bertz CT molecular complexity index is 765. The molecule has 0 unspecified atom stereocenters. The molecule has 1 fully saturated rings. The molecule has 0 radical (unpaired) electrons. The molecular weight excluding hydrogens is 348 g/mol. The lowest BCUT2D eigenvalue weighted by atomic mass is 10.2. The van der Waals surface area contributed by atoms with Gasteiger partial charge in [0.15, 0.2) is 0 Å². The first kappa shape index (κ1) is 17.2. The van der Waals surface area contributed by atoms with Crippen molar-refractivity contribution in [3.8, 4) is 0 Å². The number of anilines is 3. The molecule has 132 valence electrons.